The normalized spacial score (nSPS) is 13.8. The average Bonchev–Trinajstić information content (AvgIpc) is 2.78. The molecule has 1 aliphatic rings. The Labute approximate surface area is 202 Å². The predicted molar refractivity (Wildman–Crippen MR) is 127 cm³/mol. The van der Waals surface area contributed by atoms with Gasteiger partial charge in [-0.3, -0.25) is 9.59 Å². The lowest BCUT2D eigenvalue weighted by Crippen LogP contribution is -2.43. The maximum absolute atomic E-state index is 12.2. The average molecular weight is 602 g/mol. The lowest BCUT2D eigenvalue weighted by molar-refractivity contribution is -0.137. The van der Waals surface area contributed by atoms with Gasteiger partial charge in [-0.15, -0.1) is 0 Å². The highest BCUT2D eigenvalue weighted by atomic mass is 127. The summed E-state index contributed by atoms with van der Waals surface area (Å²) in [5.74, 6) is 0.759. The number of hydrazone groups is 1. The fourth-order valence-corrected chi connectivity index (χ4v) is 3.73. The molecular formula is C21H21BrIN3O5. The van der Waals surface area contributed by atoms with E-state index in [9.17, 15) is 9.59 Å². The SMILES string of the molecule is O=C(COc1ccccc1I)N/N=C/c1ccc(OCC(=O)N2CCOCC2)c(Br)c1. The minimum Gasteiger partial charge on any atom is -0.483 e. The van der Waals surface area contributed by atoms with Gasteiger partial charge in [-0.1, -0.05) is 12.1 Å². The molecule has 0 atom stereocenters. The van der Waals surface area contributed by atoms with Crippen molar-refractivity contribution in [2.75, 3.05) is 39.5 Å². The molecule has 3 rings (SSSR count). The molecule has 2 amide bonds. The van der Waals surface area contributed by atoms with Gasteiger partial charge in [0.05, 0.1) is 27.5 Å². The highest BCUT2D eigenvalue weighted by Crippen LogP contribution is 2.25. The van der Waals surface area contributed by atoms with Crippen LogP contribution in [-0.2, 0) is 14.3 Å². The molecule has 0 radical (unpaired) electrons. The van der Waals surface area contributed by atoms with Gasteiger partial charge in [-0.2, -0.15) is 5.10 Å². The van der Waals surface area contributed by atoms with Gasteiger partial charge in [0.25, 0.3) is 11.8 Å². The van der Waals surface area contributed by atoms with Crippen molar-refractivity contribution in [3.63, 3.8) is 0 Å². The van der Waals surface area contributed by atoms with Crippen molar-refractivity contribution in [1.29, 1.82) is 0 Å². The van der Waals surface area contributed by atoms with Gasteiger partial charge < -0.3 is 19.1 Å². The number of morpholine rings is 1. The van der Waals surface area contributed by atoms with Crippen LogP contribution in [-0.4, -0.2) is 62.4 Å². The third-order valence-corrected chi connectivity index (χ3v) is 5.78. The van der Waals surface area contributed by atoms with Crippen LogP contribution in [0.1, 0.15) is 5.56 Å². The molecule has 31 heavy (non-hydrogen) atoms. The second-order valence-electron chi connectivity index (χ2n) is 6.48. The molecule has 1 saturated heterocycles. The summed E-state index contributed by atoms with van der Waals surface area (Å²) in [6.45, 7) is 2.10. The standard InChI is InChI=1S/C21H21BrIN3O5/c22-16-11-15(5-6-18(16)31-14-21(28)26-7-9-29-10-8-26)12-24-25-20(27)13-30-19-4-2-1-3-17(19)23/h1-6,11-12H,7-10,13-14H2,(H,25,27)/b24-12+. The van der Waals surface area contributed by atoms with Crippen LogP contribution in [0.5, 0.6) is 11.5 Å². The van der Waals surface area contributed by atoms with Crippen molar-refractivity contribution in [3.8, 4) is 11.5 Å². The maximum atomic E-state index is 12.2. The van der Waals surface area contributed by atoms with Gasteiger partial charge in [0.15, 0.2) is 13.2 Å². The molecule has 0 aliphatic carbocycles. The summed E-state index contributed by atoms with van der Waals surface area (Å²) in [4.78, 5) is 25.8. The summed E-state index contributed by atoms with van der Waals surface area (Å²) in [7, 11) is 0. The molecule has 0 aromatic heterocycles. The molecule has 0 spiro atoms. The van der Waals surface area contributed by atoms with Gasteiger partial charge in [-0.25, -0.2) is 5.43 Å². The Kier molecular flexibility index (Phi) is 9.10. The topological polar surface area (TPSA) is 89.5 Å². The first-order valence-electron chi connectivity index (χ1n) is 9.50. The van der Waals surface area contributed by atoms with Crippen LogP contribution in [0, 0.1) is 3.57 Å². The molecule has 1 aliphatic heterocycles. The number of nitrogens with one attached hydrogen (secondary N) is 1. The van der Waals surface area contributed by atoms with Crippen LogP contribution in [0.15, 0.2) is 52.0 Å². The zero-order valence-electron chi connectivity index (χ0n) is 16.6. The number of carbonyl (C=O) groups excluding carboxylic acids is 2. The molecule has 0 bridgehead atoms. The smallest absolute Gasteiger partial charge is 0.277 e. The van der Waals surface area contributed by atoms with Gasteiger partial charge >= 0.3 is 0 Å². The Balaban J connectivity index is 1.44. The summed E-state index contributed by atoms with van der Waals surface area (Å²) >= 11 is 5.57. The Morgan fingerprint density at radius 2 is 1.87 bits per heavy atom. The quantitative estimate of drug-likeness (QED) is 0.286. The fraction of sp³-hybridized carbons (Fsp3) is 0.286. The van der Waals surface area contributed by atoms with Crippen molar-refractivity contribution in [2.24, 2.45) is 5.10 Å². The minimum atomic E-state index is -0.364. The van der Waals surface area contributed by atoms with Crippen LogP contribution in [0.2, 0.25) is 0 Å². The molecule has 2 aromatic carbocycles. The Bertz CT molecular complexity index is 950. The maximum Gasteiger partial charge on any atom is 0.277 e. The minimum absolute atomic E-state index is 0.0392. The highest BCUT2D eigenvalue weighted by Gasteiger charge is 2.17. The lowest BCUT2D eigenvalue weighted by Gasteiger charge is -2.26. The molecule has 1 N–H and O–H groups in total. The molecule has 0 saturated carbocycles. The van der Waals surface area contributed by atoms with Crippen molar-refractivity contribution in [3.05, 3.63) is 56.1 Å². The van der Waals surface area contributed by atoms with E-state index in [2.05, 4.69) is 49.0 Å². The number of rotatable bonds is 8. The van der Waals surface area contributed by atoms with Crippen molar-refractivity contribution < 1.29 is 23.8 Å². The third-order valence-electron chi connectivity index (χ3n) is 4.27. The summed E-state index contributed by atoms with van der Waals surface area (Å²) in [6.07, 6.45) is 1.51. The predicted octanol–water partition coefficient (Wildman–Crippen LogP) is 2.82. The largest absolute Gasteiger partial charge is 0.483 e. The summed E-state index contributed by atoms with van der Waals surface area (Å²) in [5, 5.41) is 3.94. The molecule has 1 fully saturated rings. The Hall–Kier alpha value is -2.18. The number of para-hydroxylation sites is 1. The van der Waals surface area contributed by atoms with E-state index in [-0.39, 0.29) is 25.0 Å². The Morgan fingerprint density at radius 1 is 1.13 bits per heavy atom. The summed E-state index contributed by atoms with van der Waals surface area (Å²) in [6, 6.07) is 12.7. The second-order valence-corrected chi connectivity index (χ2v) is 8.50. The van der Waals surface area contributed by atoms with E-state index >= 15 is 0 Å². The Morgan fingerprint density at radius 3 is 2.61 bits per heavy atom. The van der Waals surface area contributed by atoms with Crippen molar-refractivity contribution >= 4 is 56.5 Å². The summed E-state index contributed by atoms with van der Waals surface area (Å²) < 4.78 is 17.9. The zero-order valence-corrected chi connectivity index (χ0v) is 20.3. The molecule has 10 heteroatoms. The van der Waals surface area contributed by atoms with E-state index in [0.29, 0.717) is 42.3 Å². The number of ether oxygens (including phenoxy) is 3. The third kappa shape index (κ3) is 7.47. The van der Waals surface area contributed by atoms with E-state index in [0.717, 1.165) is 9.13 Å². The van der Waals surface area contributed by atoms with Crippen LogP contribution in [0.25, 0.3) is 0 Å². The first-order chi connectivity index (χ1) is 15.0. The molecular weight excluding hydrogens is 581 g/mol. The lowest BCUT2D eigenvalue weighted by atomic mass is 10.2. The summed E-state index contributed by atoms with van der Waals surface area (Å²) in [5.41, 5.74) is 3.18. The van der Waals surface area contributed by atoms with Gasteiger partial charge in [0.2, 0.25) is 0 Å². The van der Waals surface area contributed by atoms with Gasteiger partial charge in [-0.05, 0) is 74.4 Å². The van der Waals surface area contributed by atoms with E-state index in [4.69, 9.17) is 14.2 Å². The number of nitrogens with zero attached hydrogens (tertiary/aromatic N) is 2. The van der Waals surface area contributed by atoms with E-state index in [1.165, 1.54) is 6.21 Å². The number of hydrogen-bond donors (Lipinski definition) is 1. The molecule has 164 valence electrons. The number of hydrogen-bond acceptors (Lipinski definition) is 6. The van der Waals surface area contributed by atoms with Crippen LogP contribution in [0.4, 0.5) is 0 Å². The molecule has 8 nitrogen and oxygen atoms in total. The molecule has 2 aromatic rings. The second kappa shape index (κ2) is 12.0. The van der Waals surface area contributed by atoms with E-state index in [1.54, 1.807) is 29.2 Å². The first-order valence-corrected chi connectivity index (χ1v) is 11.4. The van der Waals surface area contributed by atoms with Crippen LogP contribution < -0.4 is 14.9 Å². The number of benzene rings is 2. The van der Waals surface area contributed by atoms with Gasteiger partial charge in [0, 0.05) is 13.1 Å². The molecule has 1 heterocycles. The van der Waals surface area contributed by atoms with Crippen molar-refractivity contribution in [1.82, 2.24) is 10.3 Å². The van der Waals surface area contributed by atoms with Crippen LogP contribution in [0.3, 0.4) is 0 Å². The van der Waals surface area contributed by atoms with Gasteiger partial charge in [0.1, 0.15) is 11.5 Å². The van der Waals surface area contributed by atoms with Crippen LogP contribution >= 0.6 is 38.5 Å². The zero-order chi connectivity index (χ0) is 22.1. The number of halogens is 2. The monoisotopic (exact) mass is 601 g/mol. The van der Waals surface area contributed by atoms with E-state index in [1.807, 2.05) is 18.2 Å². The first kappa shape index (κ1) is 23.5. The van der Waals surface area contributed by atoms with Crippen molar-refractivity contribution in [2.45, 2.75) is 0 Å². The molecule has 0 unspecified atom stereocenters. The number of carbonyl (C=O) groups is 2. The fourth-order valence-electron chi connectivity index (χ4n) is 2.67. The van der Waals surface area contributed by atoms with E-state index < -0.39 is 0 Å². The number of amides is 2. The highest BCUT2D eigenvalue weighted by molar-refractivity contribution is 14.1.